The number of carbonyl (C=O) groups excluding carboxylic acids is 2. The highest BCUT2D eigenvalue weighted by molar-refractivity contribution is 8.00. The van der Waals surface area contributed by atoms with Gasteiger partial charge in [-0.2, -0.15) is 0 Å². The fourth-order valence-corrected chi connectivity index (χ4v) is 9.58. The first-order valence-electron chi connectivity index (χ1n) is 9.75. The highest BCUT2D eigenvalue weighted by Gasteiger charge is 2.71. The quantitative estimate of drug-likeness (QED) is 0.718. The van der Waals surface area contributed by atoms with E-state index in [0.29, 0.717) is 0 Å². The molecule has 2 saturated carbocycles. The Labute approximate surface area is 169 Å². The van der Waals surface area contributed by atoms with Gasteiger partial charge in [-0.25, -0.2) is 0 Å². The number of imide groups is 1. The Bertz CT molecular complexity index is 954. The first-order valence-corrected chi connectivity index (χ1v) is 11.4. The number of thiazole rings is 1. The third-order valence-corrected chi connectivity index (χ3v) is 10.4. The number of thioether (sulfide) groups is 1. The third-order valence-electron chi connectivity index (χ3n) is 7.60. The van der Waals surface area contributed by atoms with Crippen LogP contribution >= 0.6 is 23.1 Å². The summed E-state index contributed by atoms with van der Waals surface area (Å²) in [6.07, 6.45) is 1.54. The highest BCUT2D eigenvalue weighted by Crippen LogP contribution is 2.69. The van der Waals surface area contributed by atoms with Crippen molar-refractivity contribution < 1.29 is 19.5 Å². The van der Waals surface area contributed by atoms with Gasteiger partial charge in [0.05, 0.1) is 23.3 Å². The number of carboxylic acids is 1. The second kappa shape index (κ2) is 5.95. The molecule has 1 aromatic rings. The number of H-pyrrole nitrogens is 1. The van der Waals surface area contributed by atoms with Crippen LogP contribution in [0, 0.1) is 29.6 Å². The summed E-state index contributed by atoms with van der Waals surface area (Å²) in [5.74, 6) is -1.54. The Balaban J connectivity index is 1.53. The van der Waals surface area contributed by atoms with Crippen molar-refractivity contribution in [1.82, 2.24) is 9.88 Å². The summed E-state index contributed by atoms with van der Waals surface area (Å²) in [5.41, 5.74) is -0.183. The number of rotatable bonds is 4. The van der Waals surface area contributed by atoms with E-state index in [1.54, 1.807) is 11.8 Å². The Morgan fingerprint density at radius 2 is 1.93 bits per heavy atom. The van der Waals surface area contributed by atoms with Crippen LogP contribution in [0.5, 0.6) is 0 Å². The van der Waals surface area contributed by atoms with E-state index in [2.05, 4.69) is 18.8 Å². The van der Waals surface area contributed by atoms with Crippen molar-refractivity contribution in [3.8, 4) is 0 Å². The molecule has 5 rings (SSSR count). The second-order valence-corrected chi connectivity index (χ2v) is 10.8. The van der Waals surface area contributed by atoms with Crippen molar-refractivity contribution >= 4 is 40.9 Å². The van der Waals surface area contributed by atoms with Gasteiger partial charge in [0.1, 0.15) is 0 Å². The lowest BCUT2D eigenvalue weighted by Gasteiger charge is -2.48. The van der Waals surface area contributed by atoms with E-state index < -0.39 is 5.97 Å². The van der Waals surface area contributed by atoms with Gasteiger partial charge in [-0.3, -0.25) is 24.1 Å². The van der Waals surface area contributed by atoms with Crippen LogP contribution in [-0.4, -0.2) is 44.6 Å². The molecule has 2 amide bonds. The maximum absolute atomic E-state index is 13.1. The zero-order chi connectivity index (χ0) is 20.0. The van der Waals surface area contributed by atoms with E-state index in [4.69, 9.17) is 5.11 Å². The molecule has 9 heteroatoms. The molecule has 1 aromatic heterocycles. The van der Waals surface area contributed by atoms with Gasteiger partial charge in [0, 0.05) is 22.1 Å². The summed E-state index contributed by atoms with van der Waals surface area (Å²) in [4.78, 5) is 54.2. The SMILES string of the molecule is CCC1(C)c2sc(=O)[nH]c2SC2C1[C@H]1C[C@@H]2C2C(=O)N(CCC(=O)O)C(=O)C21. The van der Waals surface area contributed by atoms with Gasteiger partial charge in [0.2, 0.25) is 11.8 Å². The molecule has 0 radical (unpaired) electrons. The van der Waals surface area contributed by atoms with Gasteiger partial charge >= 0.3 is 10.8 Å². The minimum absolute atomic E-state index is 0.0341. The highest BCUT2D eigenvalue weighted by atomic mass is 32.2. The van der Waals surface area contributed by atoms with Crippen LogP contribution in [0.25, 0.3) is 0 Å². The zero-order valence-electron chi connectivity index (χ0n) is 15.6. The van der Waals surface area contributed by atoms with Crippen molar-refractivity contribution in [2.75, 3.05) is 6.54 Å². The van der Waals surface area contributed by atoms with Crippen LogP contribution in [0.2, 0.25) is 0 Å². The third kappa shape index (κ3) is 2.17. The summed E-state index contributed by atoms with van der Waals surface area (Å²) in [5, 5.41) is 10.1. The molecule has 2 aliphatic carbocycles. The number of aromatic amines is 1. The minimum atomic E-state index is -1.00. The molecule has 7 nitrogen and oxygen atoms in total. The van der Waals surface area contributed by atoms with Crippen molar-refractivity contribution in [3.05, 3.63) is 14.5 Å². The summed E-state index contributed by atoms with van der Waals surface area (Å²) in [6.45, 7) is 4.30. The zero-order valence-corrected chi connectivity index (χ0v) is 17.3. The van der Waals surface area contributed by atoms with Crippen LogP contribution < -0.4 is 4.87 Å². The summed E-state index contributed by atoms with van der Waals surface area (Å²) < 4.78 is 0. The Hall–Kier alpha value is -1.61. The molecule has 7 atom stereocenters. The fraction of sp³-hybridized carbons (Fsp3) is 0.684. The molecule has 5 unspecified atom stereocenters. The van der Waals surface area contributed by atoms with Crippen molar-refractivity contribution in [2.24, 2.45) is 29.6 Å². The molecule has 3 heterocycles. The van der Waals surface area contributed by atoms with Crippen LogP contribution in [-0.2, 0) is 19.8 Å². The number of aliphatic carboxylic acids is 1. The number of amides is 2. The number of carboxylic acid groups (broad SMARTS) is 1. The fourth-order valence-electron chi connectivity index (χ4n) is 6.38. The van der Waals surface area contributed by atoms with Gasteiger partial charge in [0.25, 0.3) is 0 Å². The van der Waals surface area contributed by atoms with Crippen LogP contribution in [0.3, 0.4) is 0 Å². The first-order chi connectivity index (χ1) is 13.3. The standard InChI is InChI=1S/C19H22N2O5S2/c1-3-19(2)12-7-6-8(13(12)27-15-14(19)28-18(26)20-15)11-10(7)16(24)21(17(11)25)5-4-9(22)23/h7-8,10-13H,3-6H2,1-2H3,(H,20,26)(H,22,23)/t7-,8+,10?,11?,12?,13?,19?/m0/s1. The molecule has 2 bridgehead atoms. The number of likely N-dealkylation sites (tertiary alicyclic amines) is 1. The normalized spacial score (nSPS) is 40.6. The summed E-state index contributed by atoms with van der Waals surface area (Å²) in [7, 11) is 0. The van der Waals surface area contributed by atoms with Crippen LogP contribution in [0.15, 0.2) is 9.82 Å². The Kier molecular flexibility index (Phi) is 3.91. The molecular formula is C19H22N2O5S2. The van der Waals surface area contributed by atoms with Gasteiger partial charge in [0.15, 0.2) is 0 Å². The molecule has 4 aliphatic rings. The van der Waals surface area contributed by atoms with E-state index in [-0.39, 0.29) is 69.9 Å². The molecule has 0 spiro atoms. The van der Waals surface area contributed by atoms with E-state index >= 15 is 0 Å². The minimum Gasteiger partial charge on any atom is -0.481 e. The Morgan fingerprint density at radius 3 is 2.57 bits per heavy atom. The van der Waals surface area contributed by atoms with Gasteiger partial charge in [-0.1, -0.05) is 25.2 Å². The number of hydrogen-bond donors (Lipinski definition) is 2. The molecule has 0 aromatic carbocycles. The topological polar surface area (TPSA) is 108 Å². The molecular weight excluding hydrogens is 400 g/mol. The molecule has 28 heavy (non-hydrogen) atoms. The van der Waals surface area contributed by atoms with Crippen molar-refractivity contribution in [1.29, 1.82) is 0 Å². The number of nitrogens with zero attached hydrogens (tertiary/aromatic N) is 1. The lowest BCUT2D eigenvalue weighted by Crippen LogP contribution is -2.49. The number of aromatic nitrogens is 1. The van der Waals surface area contributed by atoms with E-state index in [0.717, 1.165) is 22.7 Å². The molecule has 150 valence electrons. The van der Waals surface area contributed by atoms with Crippen molar-refractivity contribution in [2.45, 2.75) is 48.8 Å². The number of nitrogens with one attached hydrogen (secondary N) is 1. The number of fused-ring (bicyclic) bond motifs is 9. The Morgan fingerprint density at radius 1 is 1.25 bits per heavy atom. The van der Waals surface area contributed by atoms with E-state index in [9.17, 15) is 19.2 Å². The first kappa shape index (κ1) is 18.4. The monoisotopic (exact) mass is 422 g/mol. The van der Waals surface area contributed by atoms with Gasteiger partial charge in [-0.05, 0) is 30.6 Å². The smallest absolute Gasteiger partial charge is 0.305 e. The van der Waals surface area contributed by atoms with Gasteiger partial charge in [-0.15, -0.1) is 11.8 Å². The lowest BCUT2D eigenvalue weighted by molar-refractivity contribution is -0.142. The van der Waals surface area contributed by atoms with Crippen LogP contribution in [0.1, 0.15) is 38.0 Å². The maximum Gasteiger partial charge on any atom is 0.305 e. The number of carbonyl (C=O) groups is 3. The molecule has 2 N–H and O–H groups in total. The maximum atomic E-state index is 13.1. The van der Waals surface area contributed by atoms with E-state index in [1.165, 1.54) is 16.2 Å². The molecule has 3 fully saturated rings. The molecule has 2 aliphatic heterocycles. The lowest BCUT2D eigenvalue weighted by atomic mass is 9.62. The van der Waals surface area contributed by atoms with Crippen LogP contribution in [0.4, 0.5) is 0 Å². The number of hydrogen-bond acceptors (Lipinski definition) is 6. The van der Waals surface area contributed by atoms with E-state index in [1.807, 2.05) is 0 Å². The largest absolute Gasteiger partial charge is 0.481 e. The average molecular weight is 423 g/mol. The van der Waals surface area contributed by atoms with Gasteiger partial charge < -0.3 is 10.1 Å². The predicted octanol–water partition coefficient (Wildman–Crippen LogP) is 1.92. The van der Waals surface area contributed by atoms with Crippen molar-refractivity contribution in [3.63, 3.8) is 0 Å². The molecule has 1 saturated heterocycles. The summed E-state index contributed by atoms with van der Waals surface area (Å²) >= 11 is 2.96. The summed E-state index contributed by atoms with van der Waals surface area (Å²) in [6, 6.07) is 0. The predicted molar refractivity (Wildman–Crippen MR) is 103 cm³/mol. The second-order valence-electron chi connectivity index (χ2n) is 8.64. The average Bonchev–Trinajstić information content (AvgIpc) is 3.36.